The Morgan fingerprint density at radius 3 is 2.59 bits per heavy atom. The fourth-order valence-corrected chi connectivity index (χ4v) is 3.09. The first-order valence-corrected chi connectivity index (χ1v) is 8.99. The lowest BCUT2D eigenvalue weighted by atomic mass is 10.2. The first kappa shape index (κ1) is 20.1. The van der Waals surface area contributed by atoms with Crippen molar-refractivity contribution >= 4 is 39.9 Å². The molecule has 27 heavy (non-hydrogen) atoms. The molecule has 1 aromatic heterocycles. The monoisotopic (exact) mass is 386 g/mol. The van der Waals surface area contributed by atoms with Gasteiger partial charge < -0.3 is 10.1 Å². The molecule has 0 aliphatic carbocycles. The molecule has 0 saturated carbocycles. The number of amides is 2. The third-order valence-electron chi connectivity index (χ3n) is 3.46. The minimum Gasteiger partial charge on any atom is -0.456 e. The van der Waals surface area contributed by atoms with E-state index in [1.807, 2.05) is 6.92 Å². The summed E-state index contributed by atoms with van der Waals surface area (Å²) >= 11 is 1.31. The molecule has 0 radical (unpaired) electrons. The average Bonchev–Trinajstić information content (AvgIpc) is 3.09. The van der Waals surface area contributed by atoms with Crippen LogP contribution < -0.4 is 10.2 Å². The summed E-state index contributed by atoms with van der Waals surface area (Å²) < 4.78 is 5.23. The quantitative estimate of drug-likeness (QED) is 0.732. The van der Waals surface area contributed by atoms with Crippen molar-refractivity contribution in [1.82, 2.24) is 4.98 Å². The molecule has 2 amide bonds. The van der Waals surface area contributed by atoms with Crippen molar-refractivity contribution in [3.8, 4) is 6.07 Å². The maximum atomic E-state index is 12.1. The van der Waals surface area contributed by atoms with E-state index in [1.165, 1.54) is 35.3 Å². The molecule has 0 aliphatic rings. The van der Waals surface area contributed by atoms with Crippen molar-refractivity contribution in [2.75, 3.05) is 16.8 Å². The summed E-state index contributed by atoms with van der Waals surface area (Å²) in [7, 11) is 0. The predicted molar refractivity (Wildman–Crippen MR) is 100 cm³/mol. The van der Waals surface area contributed by atoms with Gasteiger partial charge in [-0.05, 0) is 31.2 Å². The topological polar surface area (TPSA) is 112 Å². The molecule has 1 heterocycles. The first-order chi connectivity index (χ1) is 12.9. The second-order valence-electron chi connectivity index (χ2n) is 5.42. The van der Waals surface area contributed by atoms with Crippen LogP contribution in [-0.2, 0) is 20.9 Å². The summed E-state index contributed by atoms with van der Waals surface area (Å²) in [6.45, 7) is 3.83. The molecule has 2 aromatic rings. The van der Waals surface area contributed by atoms with E-state index < -0.39 is 11.9 Å². The van der Waals surface area contributed by atoms with Gasteiger partial charge in [-0.3, -0.25) is 14.5 Å². The molecule has 1 N–H and O–H groups in total. The maximum Gasteiger partial charge on any atom is 0.338 e. The number of thiazole rings is 1. The van der Waals surface area contributed by atoms with Gasteiger partial charge in [-0.2, -0.15) is 5.26 Å². The van der Waals surface area contributed by atoms with Crippen molar-refractivity contribution in [2.45, 2.75) is 26.9 Å². The van der Waals surface area contributed by atoms with Crippen LogP contribution in [0.15, 0.2) is 29.6 Å². The lowest BCUT2D eigenvalue weighted by molar-refractivity contribution is -0.116. The second kappa shape index (κ2) is 9.45. The van der Waals surface area contributed by atoms with E-state index in [9.17, 15) is 14.4 Å². The molecule has 0 fully saturated rings. The number of hydrogen-bond acceptors (Lipinski definition) is 7. The molecule has 0 atom stereocenters. The molecule has 140 valence electrons. The van der Waals surface area contributed by atoms with E-state index in [4.69, 9.17) is 10.00 Å². The minimum atomic E-state index is -0.529. The van der Waals surface area contributed by atoms with Gasteiger partial charge in [0.25, 0.3) is 0 Å². The number of anilines is 2. The summed E-state index contributed by atoms with van der Waals surface area (Å²) in [5.74, 6) is -1.05. The summed E-state index contributed by atoms with van der Waals surface area (Å²) in [5.41, 5.74) is 1.37. The van der Waals surface area contributed by atoms with Gasteiger partial charge in [0.1, 0.15) is 13.0 Å². The highest BCUT2D eigenvalue weighted by molar-refractivity contribution is 7.14. The Morgan fingerprint density at radius 1 is 1.30 bits per heavy atom. The highest BCUT2D eigenvalue weighted by Gasteiger charge is 2.15. The SMILES string of the molecule is CCN(C(C)=O)c1nc(COC(=O)c2ccc(NC(=O)CC#N)cc2)cs1. The van der Waals surface area contributed by atoms with Crippen LogP contribution in [0.4, 0.5) is 10.8 Å². The maximum absolute atomic E-state index is 12.1. The number of hydrogen-bond donors (Lipinski definition) is 1. The van der Waals surface area contributed by atoms with Crippen molar-refractivity contribution < 1.29 is 19.1 Å². The Labute approximate surface area is 160 Å². The largest absolute Gasteiger partial charge is 0.456 e. The van der Waals surface area contributed by atoms with Gasteiger partial charge in [0, 0.05) is 24.5 Å². The number of carbonyl (C=O) groups excluding carboxylic acids is 3. The molecule has 0 unspecified atom stereocenters. The van der Waals surface area contributed by atoms with Crippen molar-refractivity contribution in [2.24, 2.45) is 0 Å². The smallest absolute Gasteiger partial charge is 0.338 e. The van der Waals surface area contributed by atoms with Gasteiger partial charge in [0.05, 0.1) is 17.3 Å². The number of benzene rings is 1. The zero-order valence-corrected chi connectivity index (χ0v) is 15.7. The Morgan fingerprint density at radius 2 is 2.00 bits per heavy atom. The van der Waals surface area contributed by atoms with Crippen LogP contribution in [0.25, 0.3) is 0 Å². The van der Waals surface area contributed by atoms with Gasteiger partial charge in [0.15, 0.2) is 5.13 Å². The van der Waals surface area contributed by atoms with E-state index in [2.05, 4.69) is 10.3 Å². The number of nitrogens with one attached hydrogen (secondary N) is 1. The van der Waals surface area contributed by atoms with E-state index in [0.717, 1.165) is 0 Å². The molecule has 9 heteroatoms. The van der Waals surface area contributed by atoms with Crippen molar-refractivity contribution in [1.29, 1.82) is 5.26 Å². The van der Waals surface area contributed by atoms with Crippen molar-refractivity contribution in [3.05, 3.63) is 40.9 Å². The van der Waals surface area contributed by atoms with E-state index in [-0.39, 0.29) is 18.9 Å². The number of esters is 1. The highest BCUT2D eigenvalue weighted by atomic mass is 32.1. The lowest BCUT2D eigenvalue weighted by Gasteiger charge is -2.14. The van der Waals surface area contributed by atoms with Gasteiger partial charge in [0.2, 0.25) is 11.8 Å². The molecule has 2 rings (SSSR count). The average molecular weight is 386 g/mol. The summed E-state index contributed by atoms with van der Waals surface area (Å²) in [6, 6.07) is 7.90. The van der Waals surface area contributed by atoms with Gasteiger partial charge in [-0.25, -0.2) is 9.78 Å². The van der Waals surface area contributed by atoms with Crippen LogP contribution in [0.1, 0.15) is 36.3 Å². The number of rotatable bonds is 7. The predicted octanol–water partition coefficient (Wildman–Crippen LogP) is 2.73. The highest BCUT2D eigenvalue weighted by Crippen LogP contribution is 2.21. The van der Waals surface area contributed by atoms with Crippen LogP contribution in [0, 0.1) is 11.3 Å². The Balaban J connectivity index is 1.92. The Kier molecular flexibility index (Phi) is 7.02. The zero-order valence-electron chi connectivity index (χ0n) is 14.9. The summed E-state index contributed by atoms with van der Waals surface area (Å²) in [6.07, 6.45) is -0.238. The molecule has 8 nitrogen and oxygen atoms in total. The summed E-state index contributed by atoms with van der Waals surface area (Å²) in [5, 5.41) is 13.3. The lowest BCUT2D eigenvalue weighted by Crippen LogP contribution is -2.27. The van der Waals surface area contributed by atoms with Gasteiger partial charge in [-0.1, -0.05) is 0 Å². The fraction of sp³-hybridized carbons (Fsp3) is 0.278. The molecule has 1 aromatic carbocycles. The Bertz CT molecular complexity index is 870. The van der Waals surface area contributed by atoms with Crippen LogP contribution in [-0.4, -0.2) is 29.3 Å². The number of nitrogens with zero attached hydrogens (tertiary/aromatic N) is 3. The number of aromatic nitrogens is 1. The fourth-order valence-electron chi connectivity index (χ4n) is 2.17. The van der Waals surface area contributed by atoms with Crippen molar-refractivity contribution in [3.63, 3.8) is 0 Å². The number of carbonyl (C=O) groups is 3. The van der Waals surface area contributed by atoms with Crippen LogP contribution in [0.3, 0.4) is 0 Å². The standard InChI is InChI=1S/C18H18N4O4S/c1-3-22(12(2)23)18-21-15(11-27-18)10-26-17(25)13-4-6-14(7-5-13)20-16(24)8-9-19/h4-7,11H,3,8,10H2,1-2H3,(H,20,24). The van der Waals surface area contributed by atoms with Crippen LogP contribution >= 0.6 is 11.3 Å². The molecule has 0 spiro atoms. The molecule has 0 bridgehead atoms. The van der Waals surface area contributed by atoms with E-state index in [1.54, 1.807) is 23.6 Å². The zero-order chi connectivity index (χ0) is 19.8. The molecular formula is C18H18N4O4S. The van der Waals surface area contributed by atoms with Gasteiger partial charge in [-0.15, -0.1) is 11.3 Å². The molecule has 0 saturated heterocycles. The number of ether oxygens (including phenoxy) is 1. The van der Waals surface area contributed by atoms with Gasteiger partial charge >= 0.3 is 5.97 Å². The van der Waals surface area contributed by atoms with E-state index >= 15 is 0 Å². The summed E-state index contributed by atoms with van der Waals surface area (Å²) in [4.78, 5) is 40.8. The second-order valence-corrected chi connectivity index (χ2v) is 6.26. The number of nitriles is 1. The van der Waals surface area contributed by atoms with Crippen LogP contribution in [0.2, 0.25) is 0 Å². The normalized spacial score (nSPS) is 9.96. The van der Waals surface area contributed by atoms with E-state index in [0.29, 0.717) is 28.6 Å². The Hall–Kier alpha value is -3.25. The van der Waals surface area contributed by atoms with Crippen LogP contribution in [0.5, 0.6) is 0 Å². The third-order valence-corrected chi connectivity index (χ3v) is 4.37. The molecule has 0 aliphatic heterocycles. The third kappa shape index (κ3) is 5.62. The first-order valence-electron chi connectivity index (χ1n) is 8.11. The molecular weight excluding hydrogens is 368 g/mol. The minimum absolute atomic E-state index is 0.00848.